The van der Waals surface area contributed by atoms with Gasteiger partial charge < -0.3 is 9.47 Å². The lowest BCUT2D eigenvalue weighted by Crippen LogP contribution is -2.36. The maximum Gasteiger partial charge on any atom is 0.273 e. The lowest BCUT2D eigenvalue weighted by molar-refractivity contribution is -0.110. The van der Waals surface area contributed by atoms with Gasteiger partial charge in [-0.25, -0.2) is 0 Å². The Kier molecular flexibility index (Phi) is 4.67. The number of carbonyl (C=O) groups excluding carboxylic acids is 2. The molecule has 96 valence electrons. The highest BCUT2D eigenvalue weighted by Gasteiger charge is 2.14. The zero-order chi connectivity index (χ0) is 13.5. The molecule has 1 rings (SSSR count). The summed E-state index contributed by atoms with van der Waals surface area (Å²) in [5.74, 6) is -0.278. The third-order valence-corrected chi connectivity index (χ3v) is 2.16. The van der Waals surface area contributed by atoms with E-state index in [0.717, 1.165) is 0 Å². The van der Waals surface area contributed by atoms with Gasteiger partial charge in [0, 0.05) is 5.56 Å². The highest BCUT2D eigenvalue weighted by Crippen LogP contribution is 2.20. The lowest BCUT2D eigenvalue weighted by Gasteiger charge is -2.10. The summed E-state index contributed by atoms with van der Waals surface area (Å²) in [6.45, 7) is 0. The van der Waals surface area contributed by atoms with Crippen molar-refractivity contribution in [3.63, 3.8) is 0 Å². The summed E-state index contributed by atoms with van der Waals surface area (Å²) in [6, 6.07) is 4.52. The normalized spacial score (nSPS) is 9.22. The van der Waals surface area contributed by atoms with E-state index in [4.69, 9.17) is 14.9 Å². The van der Waals surface area contributed by atoms with E-state index < -0.39 is 5.91 Å². The van der Waals surface area contributed by atoms with Crippen molar-refractivity contribution in [2.75, 3.05) is 14.2 Å². The zero-order valence-electron chi connectivity index (χ0n) is 9.94. The number of hydrogen-bond donors (Lipinski definition) is 3. The summed E-state index contributed by atoms with van der Waals surface area (Å²) < 4.78 is 9.82. The minimum Gasteiger partial charge on any atom is -0.496 e. The van der Waals surface area contributed by atoms with Crippen LogP contribution in [-0.2, 0) is 9.53 Å². The number of benzene rings is 1. The molecule has 7 heteroatoms. The topological polar surface area (TPSA) is 101 Å². The van der Waals surface area contributed by atoms with Crippen molar-refractivity contribution >= 4 is 18.2 Å². The molecule has 0 aromatic heterocycles. The standard InChI is InChI=1S/C11H13N3O4/c1-17-9-5-7(10(12)18-2)3-4-8(9)11(16)14-13-6-15/h3-6,12H,1-2H3,(H,13,15)(H,14,16). The molecule has 1 aromatic rings. The van der Waals surface area contributed by atoms with Gasteiger partial charge in [-0.1, -0.05) is 0 Å². The van der Waals surface area contributed by atoms with Crippen LogP contribution in [0, 0.1) is 5.41 Å². The molecular formula is C11H13N3O4. The Hall–Kier alpha value is -2.57. The van der Waals surface area contributed by atoms with E-state index in [1.807, 2.05) is 5.43 Å². The van der Waals surface area contributed by atoms with Crippen LogP contribution in [0.5, 0.6) is 5.75 Å². The van der Waals surface area contributed by atoms with Gasteiger partial charge in [-0.2, -0.15) is 0 Å². The van der Waals surface area contributed by atoms with E-state index in [-0.39, 0.29) is 17.2 Å². The van der Waals surface area contributed by atoms with E-state index >= 15 is 0 Å². The van der Waals surface area contributed by atoms with Crippen molar-refractivity contribution in [1.82, 2.24) is 10.9 Å². The molecular weight excluding hydrogens is 238 g/mol. The molecule has 0 bridgehead atoms. The average Bonchev–Trinajstić information content (AvgIpc) is 2.42. The molecule has 2 amide bonds. The highest BCUT2D eigenvalue weighted by molar-refractivity contribution is 5.99. The summed E-state index contributed by atoms with van der Waals surface area (Å²) in [7, 11) is 2.78. The van der Waals surface area contributed by atoms with E-state index in [2.05, 4.69) is 5.43 Å². The first-order valence-electron chi connectivity index (χ1n) is 4.94. The maximum atomic E-state index is 11.6. The van der Waals surface area contributed by atoms with Gasteiger partial charge >= 0.3 is 0 Å². The Morgan fingerprint density at radius 1 is 1.39 bits per heavy atom. The van der Waals surface area contributed by atoms with Gasteiger partial charge in [0.25, 0.3) is 5.91 Å². The Labute approximate surface area is 104 Å². The molecule has 3 N–H and O–H groups in total. The number of amides is 2. The number of rotatable bonds is 5. The second-order valence-electron chi connectivity index (χ2n) is 3.16. The van der Waals surface area contributed by atoms with Crippen molar-refractivity contribution in [1.29, 1.82) is 5.41 Å². The summed E-state index contributed by atoms with van der Waals surface area (Å²) in [4.78, 5) is 21.7. The number of hydrogen-bond acceptors (Lipinski definition) is 5. The second-order valence-corrected chi connectivity index (χ2v) is 3.16. The quantitative estimate of drug-likeness (QED) is 0.298. The Bertz CT molecular complexity index is 473. The number of hydrazine groups is 1. The Morgan fingerprint density at radius 2 is 2.11 bits per heavy atom. The molecule has 18 heavy (non-hydrogen) atoms. The summed E-state index contributed by atoms with van der Waals surface area (Å²) in [5, 5.41) is 7.50. The first kappa shape index (κ1) is 13.5. The van der Waals surface area contributed by atoms with Gasteiger partial charge in [0.1, 0.15) is 5.75 Å². The SMILES string of the molecule is COC(=N)c1ccc(C(=O)NNC=O)c(OC)c1. The summed E-state index contributed by atoms with van der Waals surface area (Å²) in [6.07, 6.45) is 0.347. The van der Waals surface area contributed by atoms with Crippen LogP contribution in [0.2, 0.25) is 0 Å². The van der Waals surface area contributed by atoms with Crippen molar-refractivity contribution in [3.05, 3.63) is 29.3 Å². The van der Waals surface area contributed by atoms with E-state index in [9.17, 15) is 9.59 Å². The molecule has 0 aliphatic heterocycles. The van der Waals surface area contributed by atoms with Gasteiger partial charge in [0.05, 0.1) is 19.8 Å². The van der Waals surface area contributed by atoms with Crippen LogP contribution >= 0.6 is 0 Å². The van der Waals surface area contributed by atoms with Crippen molar-refractivity contribution in [2.24, 2.45) is 0 Å². The average molecular weight is 251 g/mol. The fraction of sp³-hybridized carbons (Fsp3) is 0.182. The zero-order valence-corrected chi connectivity index (χ0v) is 9.94. The van der Waals surface area contributed by atoms with Gasteiger partial charge in [0.2, 0.25) is 12.3 Å². The molecule has 0 fully saturated rings. The number of ether oxygens (including phenoxy) is 2. The van der Waals surface area contributed by atoms with Gasteiger partial charge in [-0.15, -0.1) is 0 Å². The van der Waals surface area contributed by atoms with Gasteiger partial charge in [-0.3, -0.25) is 25.8 Å². The molecule has 0 spiro atoms. The van der Waals surface area contributed by atoms with Crippen LogP contribution in [0.3, 0.4) is 0 Å². The second kappa shape index (κ2) is 6.24. The van der Waals surface area contributed by atoms with Gasteiger partial charge in [-0.05, 0) is 18.2 Å². The van der Waals surface area contributed by atoms with Crippen LogP contribution in [0.15, 0.2) is 18.2 Å². The summed E-state index contributed by atoms with van der Waals surface area (Å²) >= 11 is 0. The highest BCUT2D eigenvalue weighted by atomic mass is 16.5. The fourth-order valence-electron chi connectivity index (χ4n) is 1.30. The van der Waals surface area contributed by atoms with Crippen molar-refractivity contribution in [3.8, 4) is 5.75 Å². The molecule has 0 heterocycles. The predicted molar refractivity (Wildman–Crippen MR) is 63.5 cm³/mol. The molecule has 0 aliphatic rings. The first-order valence-corrected chi connectivity index (χ1v) is 4.94. The molecule has 0 aliphatic carbocycles. The number of carbonyl (C=O) groups is 2. The number of methoxy groups -OCH3 is 2. The Balaban J connectivity index is 3.03. The summed E-state index contributed by atoms with van der Waals surface area (Å²) in [5.41, 5.74) is 4.92. The Morgan fingerprint density at radius 3 is 2.67 bits per heavy atom. The molecule has 0 radical (unpaired) electrons. The van der Waals surface area contributed by atoms with Crippen LogP contribution in [-0.4, -0.2) is 32.4 Å². The van der Waals surface area contributed by atoms with Crippen molar-refractivity contribution in [2.45, 2.75) is 0 Å². The van der Waals surface area contributed by atoms with E-state index in [0.29, 0.717) is 12.0 Å². The molecule has 7 nitrogen and oxygen atoms in total. The third-order valence-electron chi connectivity index (χ3n) is 2.16. The molecule has 0 saturated heterocycles. The van der Waals surface area contributed by atoms with E-state index in [1.54, 1.807) is 6.07 Å². The molecule has 0 atom stereocenters. The minimum absolute atomic E-state index is 0.0359. The monoisotopic (exact) mass is 251 g/mol. The molecule has 1 aromatic carbocycles. The predicted octanol–water partition coefficient (Wildman–Crippen LogP) is 0.0578. The smallest absolute Gasteiger partial charge is 0.273 e. The van der Waals surface area contributed by atoms with Crippen LogP contribution in [0.1, 0.15) is 15.9 Å². The number of nitrogens with one attached hydrogen (secondary N) is 3. The molecule has 0 saturated carbocycles. The van der Waals surface area contributed by atoms with Crippen molar-refractivity contribution < 1.29 is 19.1 Å². The lowest BCUT2D eigenvalue weighted by atomic mass is 10.1. The largest absolute Gasteiger partial charge is 0.496 e. The fourth-order valence-corrected chi connectivity index (χ4v) is 1.30. The third kappa shape index (κ3) is 2.97. The van der Waals surface area contributed by atoms with Gasteiger partial charge in [0.15, 0.2) is 0 Å². The van der Waals surface area contributed by atoms with Crippen LogP contribution < -0.4 is 15.6 Å². The minimum atomic E-state index is -0.519. The van der Waals surface area contributed by atoms with Crippen LogP contribution in [0.4, 0.5) is 0 Å². The van der Waals surface area contributed by atoms with E-state index in [1.165, 1.54) is 26.4 Å². The molecule has 0 unspecified atom stereocenters. The first-order chi connectivity index (χ1) is 8.63. The maximum absolute atomic E-state index is 11.6. The van der Waals surface area contributed by atoms with Crippen LogP contribution in [0.25, 0.3) is 0 Å².